The summed E-state index contributed by atoms with van der Waals surface area (Å²) in [5.41, 5.74) is 3.50. The minimum atomic E-state index is -3.69. The fraction of sp³-hybridized carbons (Fsp3) is 0.350. The minimum absolute atomic E-state index is 0.0600. The van der Waals surface area contributed by atoms with Crippen LogP contribution in [-0.2, 0) is 27.8 Å². The van der Waals surface area contributed by atoms with Crippen LogP contribution in [0, 0.1) is 0 Å². The molecule has 4 rings (SSSR count). The number of nitrogens with one attached hydrogen (secondary N) is 1. The number of carbonyl (C=O) groups is 1. The summed E-state index contributed by atoms with van der Waals surface area (Å²) in [6, 6.07) is 10.6. The van der Waals surface area contributed by atoms with Crippen LogP contribution in [0.1, 0.15) is 36.0 Å². The second-order valence-electron chi connectivity index (χ2n) is 7.01. The van der Waals surface area contributed by atoms with Crippen LogP contribution in [0.15, 0.2) is 41.3 Å². The Morgan fingerprint density at radius 3 is 2.85 bits per heavy atom. The van der Waals surface area contributed by atoms with E-state index in [0.717, 1.165) is 35.2 Å². The number of ether oxygens (including phenoxy) is 1. The SMILES string of the molecule is COc1cccc(CNS(=O)(=O)c2cc3c4c(c2)[C@H](C)C(=O)N4CCC3)c1. The van der Waals surface area contributed by atoms with Crippen molar-refractivity contribution in [1.29, 1.82) is 0 Å². The summed E-state index contributed by atoms with van der Waals surface area (Å²) in [7, 11) is -2.11. The van der Waals surface area contributed by atoms with Crippen LogP contribution >= 0.6 is 0 Å². The molecule has 0 aliphatic carbocycles. The summed E-state index contributed by atoms with van der Waals surface area (Å²) in [5, 5.41) is 0. The van der Waals surface area contributed by atoms with Gasteiger partial charge in [0, 0.05) is 13.1 Å². The molecule has 6 nitrogen and oxygen atoms in total. The summed E-state index contributed by atoms with van der Waals surface area (Å²) in [6.07, 6.45) is 1.64. The van der Waals surface area contributed by atoms with E-state index in [1.165, 1.54) is 0 Å². The van der Waals surface area contributed by atoms with Crippen LogP contribution < -0.4 is 14.4 Å². The molecule has 2 aromatic carbocycles. The molecule has 0 bridgehead atoms. The third-order valence-electron chi connectivity index (χ3n) is 5.30. The maximum Gasteiger partial charge on any atom is 0.240 e. The number of nitrogens with zero attached hydrogens (tertiary/aromatic N) is 1. The lowest BCUT2D eigenvalue weighted by Gasteiger charge is -2.26. The van der Waals surface area contributed by atoms with Gasteiger partial charge in [0.15, 0.2) is 0 Å². The Kier molecular flexibility index (Phi) is 4.44. The Labute approximate surface area is 159 Å². The predicted octanol–water partition coefficient (Wildman–Crippen LogP) is 2.57. The van der Waals surface area contributed by atoms with Crippen molar-refractivity contribution in [3.63, 3.8) is 0 Å². The molecule has 2 heterocycles. The molecule has 1 atom stereocenters. The van der Waals surface area contributed by atoms with Crippen LogP contribution in [0.4, 0.5) is 5.69 Å². The number of hydrogen-bond acceptors (Lipinski definition) is 4. The first-order valence-corrected chi connectivity index (χ1v) is 10.5. The highest BCUT2D eigenvalue weighted by Gasteiger charge is 2.38. The van der Waals surface area contributed by atoms with Gasteiger partial charge in [-0.25, -0.2) is 13.1 Å². The van der Waals surface area contributed by atoms with Gasteiger partial charge in [-0.3, -0.25) is 4.79 Å². The summed E-state index contributed by atoms with van der Waals surface area (Å²) in [4.78, 5) is 14.5. The largest absolute Gasteiger partial charge is 0.497 e. The van der Waals surface area contributed by atoms with Crippen LogP contribution in [0.5, 0.6) is 5.75 Å². The molecular formula is C20H22N2O4S. The van der Waals surface area contributed by atoms with Crippen molar-refractivity contribution in [3.05, 3.63) is 53.1 Å². The van der Waals surface area contributed by atoms with Gasteiger partial charge in [0.2, 0.25) is 15.9 Å². The highest BCUT2D eigenvalue weighted by molar-refractivity contribution is 7.89. The first kappa shape index (κ1) is 18.0. The normalized spacial score (nSPS) is 18.5. The first-order chi connectivity index (χ1) is 12.9. The number of anilines is 1. The second-order valence-corrected chi connectivity index (χ2v) is 8.78. The van der Waals surface area contributed by atoms with Crippen LogP contribution in [-0.4, -0.2) is 28.0 Å². The van der Waals surface area contributed by atoms with Gasteiger partial charge in [0.05, 0.1) is 23.6 Å². The van der Waals surface area contributed by atoms with Crippen molar-refractivity contribution in [2.24, 2.45) is 0 Å². The Balaban J connectivity index is 1.64. The molecule has 7 heteroatoms. The molecule has 0 aromatic heterocycles. The molecule has 0 radical (unpaired) electrons. The van der Waals surface area contributed by atoms with E-state index in [4.69, 9.17) is 4.74 Å². The van der Waals surface area contributed by atoms with Crippen molar-refractivity contribution in [3.8, 4) is 5.75 Å². The van der Waals surface area contributed by atoms with Gasteiger partial charge in [-0.05, 0) is 60.7 Å². The Morgan fingerprint density at radius 1 is 1.26 bits per heavy atom. The van der Waals surface area contributed by atoms with Crippen molar-refractivity contribution >= 4 is 21.6 Å². The molecule has 1 amide bonds. The third kappa shape index (κ3) is 3.11. The summed E-state index contributed by atoms with van der Waals surface area (Å²) in [5.74, 6) is 0.441. The molecule has 0 unspecified atom stereocenters. The maximum atomic E-state index is 12.9. The van der Waals surface area contributed by atoms with Crippen LogP contribution in [0.25, 0.3) is 0 Å². The van der Waals surface area contributed by atoms with Gasteiger partial charge in [0.25, 0.3) is 0 Å². The van der Waals surface area contributed by atoms with E-state index < -0.39 is 10.0 Å². The number of rotatable bonds is 5. The number of benzene rings is 2. The Morgan fingerprint density at radius 2 is 2.07 bits per heavy atom. The number of sulfonamides is 1. The zero-order valence-corrected chi connectivity index (χ0v) is 16.2. The van der Waals surface area contributed by atoms with E-state index in [0.29, 0.717) is 12.3 Å². The van der Waals surface area contributed by atoms with Gasteiger partial charge < -0.3 is 9.64 Å². The molecule has 27 heavy (non-hydrogen) atoms. The number of carbonyl (C=O) groups excluding carboxylic acids is 1. The first-order valence-electron chi connectivity index (χ1n) is 9.01. The molecule has 142 valence electrons. The second kappa shape index (κ2) is 6.65. The molecule has 0 spiro atoms. The lowest BCUT2D eigenvalue weighted by molar-refractivity contribution is -0.119. The monoisotopic (exact) mass is 386 g/mol. The number of hydrogen-bond donors (Lipinski definition) is 1. The fourth-order valence-electron chi connectivity index (χ4n) is 3.86. The number of amides is 1. The molecule has 0 fully saturated rings. The fourth-order valence-corrected chi connectivity index (χ4v) is 4.97. The predicted molar refractivity (Wildman–Crippen MR) is 103 cm³/mol. The van der Waals surface area contributed by atoms with E-state index in [1.807, 2.05) is 25.1 Å². The summed E-state index contributed by atoms with van der Waals surface area (Å²) in [6.45, 7) is 2.73. The molecule has 2 aromatic rings. The van der Waals surface area contributed by atoms with E-state index in [9.17, 15) is 13.2 Å². The maximum absolute atomic E-state index is 12.9. The van der Waals surface area contributed by atoms with Gasteiger partial charge in [0.1, 0.15) is 5.75 Å². The van der Waals surface area contributed by atoms with E-state index >= 15 is 0 Å². The molecule has 0 saturated heterocycles. The molecule has 1 N–H and O–H groups in total. The average Bonchev–Trinajstić information content (AvgIpc) is 2.93. The van der Waals surface area contributed by atoms with Gasteiger partial charge in [-0.1, -0.05) is 12.1 Å². The molecule has 2 aliphatic rings. The van der Waals surface area contributed by atoms with Gasteiger partial charge in [-0.15, -0.1) is 0 Å². The summed E-state index contributed by atoms with van der Waals surface area (Å²) < 4.78 is 33.6. The van der Waals surface area contributed by atoms with Gasteiger partial charge >= 0.3 is 0 Å². The lowest BCUT2D eigenvalue weighted by atomic mass is 9.97. The number of aryl methyl sites for hydroxylation is 1. The zero-order chi connectivity index (χ0) is 19.2. The quantitative estimate of drug-likeness (QED) is 0.857. The Bertz CT molecular complexity index is 1020. The Hall–Kier alpha value is -2.38. The van der Waals surface area contributed by atoms with E-state index in [1.54, 1.807) is 30.2 Å². The highest BCUT2D eigenvalue weighted by atomic mass is 32.2. The van der Waals surface area contributed by atoms with E-state index in [2.05, 4.69) is 4.72 Å². The van der Waals surface area contributed by atoms with Crippen LogP contribution in [0.3, 0.4) is 0 Å². The number of methoxy groups -OCH3 is 1. The van der Waals surface area contributed by atoms with Crippen molar-refractivity contribution in [2.75, 3.05) is 18.6 Å². The lowest BCUT2D eigenvalue weighted by Crippen LogP contribution is -2.32. The van der Waals surface area contributed by atoms with Crippen molar-refractivity contribution < 1.29 is 17.9 Å². The van der Waals surface area contributed by atoms with E-state index in [-0.39, 0.29) is 23.3 Å². The standard InChI is InChI=1S/C20H22N2O4S/c1-13-18-11-17(10-15-6-4-8-22(19(15)18)20(13)23)27(24,25)21-12-14-5-3-7-16(9-14)26-2/h3,5,7,9-11,13,21H,4,6,8,12H2,1-2H3/t13-/m0/s1. The average molecular weight is 386 g/mol. The molecule has 2 aliphatic heterocycles. The third-order valence-corrected chi connectivity index (χ3v) is 6.68. The zero-order valence-electron chi connectivity index (χ0n) is 15.4. The topological polar surface area (TPSA) is 75.7 Å². The van der Waals surface area contributed by atoms with Crippen molar-refractivity contribution in [2.45, 2.75) is 37.1 Å². The molecular weight excluding hydrogens is 364 g/mol. The molecule has 0 saturated carbocycles. The van der Waals surface area contributed by atoms with Crippen molar-refractivity contribution in [1.82, 2.24) is 4.72 Å². The summed E-state index contributed by atoms with van der Waals surface area (Å²) >= 11 is 0. The van der Waals surface area contributed by atoms with Crippen LogP contribution in [0.2, 0.25) is 0 Å². The highest BCUT2D eigenvalue weighted by Crippen LogP contribution is 2.43. The minimum Gasteiger partial charge on any atom is -0.497 e. The van der Waals surface area contributed by atoms with Gasteiger partial charge in [-0.2, -0.15) is 0 Å². The smallest absolute Gasteiger partial charge is 0.240 e.